The number of guanidine groups is 1. The molecular formula is C13H23N3O2. The van der Waals surface area contributed by atoms with Crippen LogP contribution in [0.5, 0.6) is 0 Å². The molecule has 0 amide bonds. The Hall–Kier alpha value is -1.49. The zero-order valence-corrected chi connectivity index (χ0v) is 11.0. The van der Waals surface area contributed by atoms with Gasteiger partial charge in [0, 0.05) is 20.2 Å². The van der Waals surface area contributed by atoms with E-state index >= 15 is 0 Å². The fraction of sp³-hybridized carbons (Fsp3) is 0.615. The average molecular weight is 253 g/mol. The highest BCUT2D eigenvalue weighted by atomic mass is 16.3. The van der Waals surface area contributed by atoms with Crippen molar-refractivity contribution < 1.29 is 9.52 Å². The number of unbranched alkanes of at least 4 members (excludes halogenated alkanes) is 3. The molecule has 3 N–H and O–H groups in total. The molecule has 0 saturated carbocycles. The molecule has 0 fully saturated rings. The number of aliphatic hydroxyl groups excluding tert-OH is 1. The third kappa shape index (κ3) is 6.30. The van der Waals surface area contributed by atoms with E-state index in [4.69, 9.17) is 9.52 Å². The van der Waals surface area contributed by atoms with E-state index in [1.165, 1.54) is 0 Å². The maximum Gasteiger partial charge on any atom is 0.191 e. The van der Waals surface area contributed by atoms with Gasteiger partial charge in [-0.25, -0.2) is 0 Å². The molecule has 5 heteroatoms. The summed E-state index contributed by atoms with van der Waals surface area (Å²) in [4.78, 5) is 4.13. The molecule has 0 atom stereocenters. The first kappa shape index (κ1) is 14.6. The lowest BCUT2D eigenvalue weighted by Crippen LogP contribution is -2.37. The fourth-order valence-electron chi connectivity index (χ4n) is 1.60. The summed E-state index contributed by atoms with van der Waals surface area (Å²) in [5.41, 5.74) is 0. The van der Waals surface area contributed by atoms with Crippen molar-refractivity contribution in [2.75, 3.05) is 20.2 Å². The van der Waals surface area contributed by atoms with Gasteiger partial charge < -0.3 is 20.2 Å². The molecule has 0 aliphatic rings. The Morgan fingerprint density at radius 1 is 1.28 bits per heavy atom. The summed E-state index contributed by atoms with van der Waals surface area (Å²) in [6.07, 6.45) is 5.85. The molecule has 1 rings (SSSR count). The summed E-state index contributed by atoms with van der Waals surface area (Å²) in [6, 6.07) is 3.80. The first-order chi connectivity index (χ1) is 8.86. The fourth-order valence-corrected chi connectivity index (χ4v) is 1.60. The van der Waals surface area contributed by atoms with Gasteiger partial charge in [-0.15, -0.1) is 0 Å². The molecule has 0 bridgehead atoms. The minimum atomic E-state index is 0.291. The van der Waals surface area contributed by atoms with Gasteiger partial charge in [-0.1, -0.05) is 12.8 Å². The van der Waals surface area contributed by atoms with Crippen LogP contribution in [0.1, 0.15) is 31.4 Å². The predicted octanol–water partition coefficient (Wildman–Crippen LogP) is 1.50. The molecule has 0 aliphatic carbocycles. The van der Waals surface area contributed by atoms with Crippen molar-refractivity contribution in [1.82, 2.24) is 10.6 Å². The molecule has 102 valence electrons. The van der Waals surface area contributed by atoms with Crippen LogP contribution >= 0.6 is 0 Å². The number of hydrogen-bond acceptors (Lipinski definition) is 3. The standard InChI is InChI=1S/C13H23N3O2/c1-14-13(15-8-4-2-3-5-9-17)16-11-12-7-6-10-18-12/h6-7,10,17H,2-5,8-9,11H2,1H3,(H2,14,15,16). The van der Waals surface area contributed by atoms with E-state index in [1.54, 1.807) is 13.3 Å². The van der Waals surface area contributed by atoms with Gasteiger partial charge in [0.25, 0.3) is 0 Å². The predicted molar refractivity (Wildman–Crippen MR) is 72.5 cm³/mol. The summed E-state index contributed by atoms with van der Waals surface area (Å²) in [5.74, 6) is 1.68. The lowest BCUT2D eigenvalue weighted by Gasteiger charge is -2.10. The van der Waals surface area contributed by atoms with E-state index in [0.717, 1.165) is 43.9 Å². The molecule has 1 aromatic heterocycles. The van der Waals surface area contributed by atoms with E-state index in [1.807, 2.05) is 12.1 Å². The van der Waals surface area contributed by atoms with Crippen LogP contribution in [0.3, 0.4) is 0 Å². The van der Waals surface area contributed by atoms with Crippen molar-refractivity contribution in [3.63, 3.8) is 0 Å². The maximum atomic E-state index is 8.66. The smallest absolute Gasteiger partial charge is 0.191 e. The molecule has 1 heterocycles. The number of aliphatic imine (C=N–C) groups is 1. The van der Waals surface area contributed by atoms with Gasteiger partial charge in [-0.2, -0.15) is 0 Å². The van der Waals surface area contributed by atoms with Crippen molar-refractivity contribution >= 4 is 5.96 Å². The Balaban J connectivity index is 2.07. The quantitative estimate of drug-likeness (QED) is 0.373. The van der Waals surface area contributed by atoms with Crippen molar-refractivity contribution in [1.29, 1.82) is 0 Å². The van der Waals surface area contributed by atoms with E-state index in [9.17, 15) is 0 Å². The highest BCUT2D eigenvalue weighted by Crippen LogP contribution is 1.99. The third-order valence-corrected chi connectivity index (χ3v) is 2.61. The van der Waals surface area contributed by atoms with Gasteiger partial charge in [0.15, 0.2) is 5.96 Å². The second kappa shape index (κ2) is 9.53. The second-order valence-electron chi connectivity index (χ2n) is 4.07. The van der Waals surface area contributed by atoms with Crippen LogP contribution in [0.4, 0.5) is 0 Å². The van der Waals surface area contributed by atoms with Crippen LogP contribution in [-0.2, 0) is 6.54 Å². The highest BCUT2D eigenvalue weighted by molar-refractivity contribution is 5.79. The number of nitrogens with one attached hydrogen (secondary N) is 2. The van der Waals surface area contributed by atoms with Gasteiger partial charge in [0.1, 0.15) is 5.76 Å². The number of hydrogen-bond donors (Lipinski definition) is 3. The van der Waals surface area contributed by atoms with Crippen molar-refractivity contribution in [2.24, 2.45) is 4.99 Å². The summed E-state index contributed by atoms with van der Waals surface area (Å²) in [7, 11) is 1.75. The number of rotatable bonds is 8. The molecule has 0 radical (unpaired) electrons. The maximum absolute atomic E-state index is 8.66. The third-order valence-electron chi connectivity index (χ3n) is 2.61. The zero-order valence-electron chi connectivity index (χ0n) is 11.0. The minimum Gasteiger partial charge on any atom is -0.467 e. The summed E-state index contributed by atoms with van der Waals surface area (Å²) >= 11 is 0. The summed E-state index contributed by atoms with van der Waals surface area (Å²) in [6.45, 7) is 1.82. The van der Waals surface area contributed by atoms with Gasteiger partial charge >= 0.3 is 0 Å². The number of nitrogens with zero attached hydrogens (tertiary/aromatic N) is 1. The van der Waals surface area contributed by atoms with Gasteiger partial charge in [-0.3, -0.25) is 4.99 Å². The van der Waals surface area contributed by atoms with Crippen LogP contribution in [0.2, 0.25) is 0 Å². The molecule has 0 aliphatic heterocycles. The van der Waals surface area contributed by atoms with Crippen molar-refractivity contribution in [3.05, 3.63) is 24.2 Å². The Labute approximate surface area is 108 Å². The monoisotopic (exact) mass is 253 g/mol. The van der Waals surface area contributed by atoms with Crippen LogP contribution < -0.4 is 10.6 Å². The van der Waals surface area contributed by atoms with Crippen LogP contribution in [0, 0.1) is 0 Å². The first-order valence-electron chi connectivity index (χ1n) is 6.44. The molecule has 0 unspecified atom stereocenters. The Morgan fingerprint density at radius 3 is 2.78 bits per heavy atom. The lowest BCUT2D eigenvalue weighted by molar-refractivity contribution is 0.282. The van der Waals surface area contributed by atoms with Crippen molar-refractivity contribution in [2.45, 2.75) is 32.2 Å². The van der Waals surface area contributed by atoms with Crippen LogP contribution in [0.25, 0.3) is 0 Å². The summed E-state index contributed by atoms with van der Waals surface area (Å²) in [5, 5.41) is 15.1. The van der Waals surface area contributed by atoms with Gasteiger partial charge in [0.2, 0.25) is 0 Å². The Bertz CT molecular complexity index is 323. The van der Waals surface area contributed by atoms with E-state index in [-0.39, 0.29) is 0 Å². The van der Waals surface area contributed by atoms with Gasteiger partial charge in [0.05, 0.1) is 12.8 Å². The second-order valence-corrected chi connectivity index (χ2v) is 4.07. The molecule has 0 aromatic carbocycles. The zero-order chi connectivity index (χ0) is 13.1. The van der Waals surface area contributed by atoms with Crippen LogP contribution in [0.15, 0.2) is 27.8 Å². The molecular weight excluding hydrogens is 230 g/mol. The lowest BCUT2D eigenvalue weighted by atomic mass is 10.2. The van der Waals surface area contributed by atoms with Crippen molar-refractivity contribution in [3.8, 4) is 0 Å². The molecule has 18 heavy (non-hydrogen) atoms. The van der Waals surface area contributed by atoms with Crippen LogP contribution in [-0.4, -0.2) is 31.3 Å². The topological polar surface area (TPSA) is 69.8 Å². The molecule has 0 saturated heterocycles. The first-order valence-corrected chi connectivity index (χ1v) is 6.44. The normalized spacial score (nSPS) is 11.6. The average Bonchev–Trinajstić information content (AvgIpc) is 2.90. The highest BCUT2D eigenvalue weighted by Gasteiger charge is 1.99. The number of aliphatic hydroxyl groups is 1. The Kier molecular flexibility index (Phi) is 7.72. The summed E-state index contributed by atoms with van der Waals surface area (Å²) < 4.78 is 5.23. The van der Waals surface area contributed by atoms with E-state index in [2.05, 4.69) is 15.6 Å². The minimum absolute atomic E-state index is 0.291. The van der Waals surface area contributed by atoms with Gasteiger partial charge in [-0.05, 0) is 25.0 Å². The van der Waals surface area contributed by atoms with E-state index < -0.39 is 0 Å². The molecule has 5 nitrogen and oxygen atoms in total. The molecule has 0 spiro atoms. The van der Waals surface area contributed by atoms with E-state index in [0.29, 0.717) is 13.2 Å². The SMILES string of the molecule is CN=C(NCCCCCCO)NCc1ccco1. The Morgan fingerprint density at radius 2 is 2.11 bits per heavy atom. The molecule has 1 aromatic rings. The largest absolute Gasteiger partial charge is 0.467 e. The number of furan rings is 1.